The summed E-state index contributed by atoms with van der Waals surface area (Å²) in [5, 5.41) is 3.22. The van der Waals surface area contributed by atoms with E-state index in [1.54, 1.807) is 12.4 Å². The first-order chi connectivity index (χ1) is 10.1. The summed E-state index contributed by atoms with van der Waals surface area (Å²) in [6.07, 6.45) is 4.66. The van der Waals surface area contributed by atoms with Crippen LogP contribution in [0.1, 0.15) is 32.9 Å². The lowest BCUT2D eigenvalue weighted by Crippen LogP contribution is -2.07. The maximum Gasteiger partial charge on any atom is 0.223 e. The Balaban J connectivity index is 2.30. The Morgan fingerprint density at radius 1 is 1.19 bits per heavy atom. The van der Waals surface area contributed by atoms with Crippen molar-refractivity contribution < 1.29 is 4.74 Å². The van der Waals surface area contributed by atoms with Crippen LogP contribution in [0.15, 0.2) is 24.5 Å². The Kier molecular flexibility index (Phi) is 5.09. The number of nitrogens with zero attached hydrogens (tertiary/aromatic N) is 3. The summed E-state index contributed by atoms with van der Waals surface area (Å²) in [7, 11) is 0. The standard InChI is InChI=1S/C16H22N4O/c1-5-6-18-16-19-12(4)7-15(20-16)13-8-14(10-17-9-13)21-11(2)3/h7-11H,5-6H2,1-4H3,(H,18,19,20). The molecule has 21 heavy (non-hydrogen) atoms. The summed E-state index contributed by atoms with van der Waals surface area (Å²) in [6, 6.07) is 3.91. The van der Waals surface area contributed by atoms with Crippen LogP contribution in [0.3, 0.4) is 0 Å². The Morgan fingerprint density at radius 2 is 2.00 bits per heavy atom. The van der Waals surface area contributed by atoms with Gasteiger partial charge < -0.3 is 10.1 Å². The molecule has 0 amide bonds. The molecule has 0 fully saturated rings. The molecule has 0 aliphatic rings. The van der Waals surface area contributed by atoms with Crippen LogP contribution in [0, 0.1) is 6.92 Å². The largest absolute Gasteiger partial charge is 0.489 e. The van der Waals surface area contributed by atoms with E-state index in [1.165, 1.54) is 0 Å². The van der Waals surface area contributed by atoms with Crippen LogP contribution in [0.2, 0.25) is 0 Å². The second-order valence-corrected chi connectivity index (χ2v) is 5.22. The molecule has 2 aromatic heterocycles. The van der Waals surface area contributed by atoms with Gasteiger partial charge in [-0.15, -0.1) is 0 Å². The number of aromatic nitrogens is 3. The first kappa shape index (κ1) is 15.2. The molecular weight excluding hydrogens is 264 g/mol. The average molecular weight is 286 g/mol. The van der Waals surface area contributed by atoms with E-state index >= 15 is 0 Å². The van der Waals surface area contributed by atoms with Crippen molar-refractivity contribution in [3.05, 3.63) is 30.2 Å². The molecule has 0 saturated heterocycles. The van der Waals surface area contributed by atoms with Gasteiger partial charge in [-0.25, -0.2) is 9.97 Å². The van der Waals surface area contributed by atoms with Gasteiger partial charge in [0.15, 0.2) is 0 Å². The van der Waals surface area contributed by atoms with Gasteiger partial charge in [-0.3, -0.25) is 4.98 Å². The zero-order valence-corrected chi connectivity index (χ0v) is 13.1. The van der Waals surface area contributed by atoms with Crippen molar-refractivity contribution in [3.63, 3.8) is 0 Å². The zero-order chi connectivity index (χ0) is 15.2. The fourth-order valence-corrected chi connectivity index (χ4v) is 1.93. The molecule has 2 aromatic rings. The van der Waals surface area contributed by atoms with Crippen molar-refractivity contribution in [3.8, 4) is 17.0 Å². The molecular formula is C16H22N4O. The quantitative estimate of drug-likeness (QED) is 0.881. The number of hydrogen-bond acceptors (Lipinski definition) is 5. The Hall–Kier alpha value is -2.17. The van der Waals surface area contributed by atoms with Gasteiger partial charge in [0.2, 0.25) is 5.95 Å². The third-order valence-corrected chi connectivity index (χ3v) is 2.77. The highest BCUT2D eigenvalue weighted by Crippen LogP contribution is 2.23. The van der Waals surface area contributed by atoms with Gasteiger partial charge in [0.1, 0.15) is 5.75 Å². The van der Waals surface area contributed by atoms with Crippen molar-refractivity contribution in [2.24, 2.45) is 0 Å². The van der Waals surface area contributed by atoms with Gasteiger partial charge in [0, 0.05) is 24.0 Å². The van der Waals surface area contributed by atoms with E-state index in [0.717, 1.165) is 35.7 Å². The van der Waals surface area contributed by atoms with Crippen molar-refractivity contribution in [1.82, 2.24) is 15.0 Å². The molecule has 0 aliphatic carbocycles. The van der Waals surface area contributed by atoms with E-state index in [-0.39, 0.29) is 6.10 Å². The molecule has 2 heterocycles. The summed E-state index contributed by atoms with van der Waals surface area (Å²) in [5.74, 6) is 1.41. The fourth-order valence-electron chi connectivity index (χ4n) is 1.93. The second kappa shape index (κ2) is 7.02. The van der Waals surface area contributed by atoms with Crippen LogP contribution in [-0.2, 0) is 0 Å². The highest BCUT2D eigenvalue weighted by molar-refractivity contribution is 5.61. The number of anilines is 1. The minimum absolute atomic E-state index is 0.121. The summed E-state index contributed by atoms with van der Waals surface area (Å²) >= 11 is 0. The van der Waals surface area contributed by atoms with Gasteiger partial charge >= 0.3 is 0 Å². The molecule has 0 radical (unpaired) electrons. The topological polar surface area (TPSA) is 59.9 Å². The van der Waals surface area contributed by atoms with E-state index in [4.69, 9.17) is 4.74 Å². The van der Waals surface area contributed by atoms with Gasteiger partial charge in [0.05, 0.1) is 18.0 Å². The molecule has 0 bridgehead atoms. The van der Waals surface area contributed by atoms with E-state index in [9.17, 15) is 0 Å². The van der Waals surface area contributed by atoms with E-state index in [2.05, 4.69) is 27.2 Å². The first-order valence-electron chi connectivity index (χ1n) is 7.30. The summed E-state index contributed by atoms with van der Waals surface area (Å²) in [4.78, 5) is 13.2. The molecule has 2 rings (SSSR count). The van der Waals surface area contributed by atoms with E-state index < -0.39 is 0 Å². The third kappa shape index (κ3) is 4.41. The van der Waals surface area contributed by atoms with Gasteiger partial charge in [-0.05, 0) is 39.3 Å². The van der Waals surface area contributed by atoms with Gasteiger partial charge in [0.25, 0.3) is 0 Å². The molecule has 1 N–H and O–H groups in total. The average Bonchev–Trinajstić information content (AvgIpc) is 2.44. The smallest absolute Gasteiger partial charge is 0.223 e. The predicted octanol–water partition coefficient (Wildman–Crippen LogP) is 3.46. The second-order valence-electron chi connectivity index (χ2n) is 5.22. The minimum Gasteiger partial charge on any atom is -0.489 e. The Bertz CT molecular complexity index is 599. The molecule has 0 aliphatic heterocycles. The third-order valence-electron chi connectivity index (χ3n) is 2.77. The minimum atomic E-state index is 0.121. The van der Waals surface area contributed by atoms with Crippen molar-refractivity contribution in [2.45, 2.75) is 40.2 Å². The highest BCUT2D eigenvalue weighted by Gasteiger charge is 2.07. The summed E-state index contributed by atoms with van der Waals surface area (Å²) < 4.78 is 5.68. The zero-order valence-electron chi connectivity index (χ0n) is 13.1. The lowest BCUT2D eigenvalue weighted by atomic mass is 10.2. The van der Waals surface area contributed by atoms with Gasteiger partial charge in [-0.2, -0.15) is 0 Å². The van der Waals surface area contributed by atoms with Crippen molar-refractivity contribution in [1.29, 1.82) is 0 Å². The predicted molar refractivity (Wildman–Crippen MR) is 84.5 cm³/mol. The fraction of sp³-hybridized carbons (Fsp3) is 0.438. The van der Waals surface area contributed by atoms with E-state index in [0.29, 0.717) is 5.95 Å². The van der Waals surface area contributed by atoms with Crippen LogP contribution >= 0.6 is 0 Å². The first-order valence-corrected chi connectivity index (χ1v) is 7.30. The monoisotopic (exact) mass is 286 g/mol. The number of ether oxygens (including phenoxy) is 1. The summed E-state index contributed by atoms with van der Waals surface area (Å²) in [5.41, 5.74) is 2.70. The summed E-state index contributed by atoms with van der Waals surface area (Å²) in [6.45, 7) is 8.92. The molecule has 0 saturated carbocycles. The maximum absolute atomic E-state index is 5.68. The van der Waals surface area contributed by atoms with Gasteiger partial charge in [-0.1, -0.05) is 6.92 Å². The SMILES string of the molecule is CCCNc1nc(C)cc(-c2cncc(OC(C)C)c2)n1. The Labute approximate surface area is 125 Å². The molecule has 0 atom stereocenters. The lowest BCUT2D eigenvalue weighted by molar-refractivity contribution is 0.241. The molecule has 0 spiro atoms. The van der Waals surface area contributed by atoms with Crippen molar-refractivity contribution in [2.75, 3.05) is 11.9 Å². The normalized spacial score (nSPS) is 10.7. The van der Waals surface area contributed by atoms with Crippen LogP contribution in [0.25, 0.3) is 11.3 Å². The van der Waals surface area contributed by atoms with E-state index in [1.807, 2.05) is 32.9 Å². The molecule has 5 heteroatoms. The number of nitrogens with one attached hydrogen (secondary N) is 1. The maximum atomic E-state index is 5.68. The number of rotatable bonds is 6. The van der Waals surface area contributed by atoms with Crippen molar-refractivity contribution >= 4 is 5.95 Å². The molecule has 0 unspecified atom stereocenters. The highest BCUT2D eigenvalue weighted by atomic mass is 16.5. The number of pyridine rings is 1. The van der Waals surface area contributed by atoms with Crippen LogP contribution in [0.5, 0.6) is 5.75 Å². The molecule has 5 nitrogen and oxygen atoms in total. The molecule has 112 valence electrons. The lowest BCUT2D eigenvalue weighted by Gasteiger charge is -2.11. The van der Waals surface area contributed by atoms with Crippen LogP contribution < -0.4 is 10.1 Å². The number of hydrogen-bond donors (Lipinski definition) is 1. The van der Waals surface area contributed by atoms with Crippen LogP contribution in [0.4, 0.5) is 5.95 Å². The van der Waals surface area contributed by atoms with Crippen LogP contribution in [-0.4, -0.2) is 27.6 Å². The Morgan fingerprint density at radius 3 is 2.71 bits per heavy atom. The molecule has 0 aromatic carbocycles. The number of aryl methyl sites for hydroxylation is 1.